The molecule has 134 valence electrons. The van der Waals surface area contributed by atoms with Gasteiger partial charge in [-0.15, -0.1) is 0 Å². The molecular weight excluding hydrogens is 322 g/mol. The smallest absolute Gasteiger partial charge is 0.246 e. The fourth-order valence-electron chi connectivity index (χ4n) is 2.37. The summed E-state index contributed by atoms with van der Waals surface area (Å²) in [6.45, 7) is 1.44. The Labute approximate surface area is 146 Å². The lowest BCUT2D eigenvalue weighted by atomic mass is 10.1. The Morgan fingerprint density at radius 1 is 1.16 bits per heavy atom. The Hall–Kier alpha value is -2.83. The van der Waals surface area contributed by atoms with Crippen molar-refractivity contribution in [1.82, 2.24) is 10.6 Å². The van der Waals surface area contributed by atoms with Gasteiger partial charge in [-0.05, 0) is 37.5 Å². The molecule has 7 heteroatoms. The molecule has 1 aromatic rings. The van der Waals surface area contributed by atoms with Crippen LogP contribution in [0.2, 0.25) is 0 Å². The van der Waals surface area contributed by atoms with Crippen molar-refractivity contribution in [2.75, 3.05) is 19.0 Å². The average molecular weight is 345 g/mol. The highest BCUT2D eigenvalue weighted by molar-refractivity contribution is 5.99. The summed E-state index contributed by atoms with van der Waals surface area (Å²) in [5.41, 5.74) is 1.43. The number of ether oxygens (including phenoxy) is 1. The van der Waals surface area contributed by atoms with Gasteiger partial charge in [0.1, 0.15) is 11.8 Å². The van der Waals surface area contributed by atoms with Crippen molar-refractivity contribution in [2.45, 2.75) is 32.2 Å². The first kappa shape index (κ1) is 18.5. The molecule has 0 bridgehead atoms. The van der Waals surface area contributed by atoms with E-state index in [9.17, 15) is 14.4 Å². The van der Waals surface area contributed by atoms with Crippen LogP contribution < -0.4 is 20.7 Å². The van der Waals surface area contributed by atoms with Crippen LogP contribution in [0.25, 0.3) is 6.08 Å². The predicted molar refractivity (Wildman–Crippen MR) is 95.1 cm³/mol. The Kier molecular flexibility index (Phi) is 6.56. The third-order valence-corrected chi connectivity index (χ3v) is 3.81. The van der Waals surface area contributed by atoms with Crippen LogP contribution in [0, 0.1) is 0 Å². The van der Waals surface area contributed by atoms with Crippen molar-refractivity contribution in [3.05, 3.63) is 29.8 Å². The Balaban J connectivity index is 2.25. The molecule has 0 saturated carbocycles. The number of carbonyl (C=O) groups excluding carboxylic acids is 3. The molecule has 0 spiro atoms. The van der Waals surface area contributed by atoms with Crippen molar-refractivity contribution in [3.63, 3.8) is 0 Å². The van der Waals surface area contributed by atoms with Crippen molar-refractivity contribution >= 4 is 29.5 Å². The molecule has 3 N–H and O–H groups in total. The Bertz CT molecular complexity index is 685. The molecule has 0 aromatic heterocycles. The monoisotopic (exact) mass is 345 g/mol. The average Bonchev–Trinajstić information content (AvgIpc) is 2.60. The zero-order chi connectivity index (χ0) is 18.2. The summed E-state index contributed by atoms with van der Waals surface area (Å²) in [5.74, 6) is -0.315. The maximum Gasteiger partial charge on any atom is 0.246 e. The second kappa shape index (κ2) is 8.86. The van der Waals surface area contributed by atoms with E-state index in [0.717, 1.165) is 12.0 Å². The van der Waals surface area contributed by atoms with E-state index in [-0.39, 0.29) is 18.4 Å². The molecule has 2 rings (SSSR count). The van der Waals surface area contributed by atoms with E-state index in [0.29, 0.717) is 24.3 Å². The van der Waals surface area contributed by atoms with E-state index in [1.165, 1.54) is 0 Å². The summed E-state index contributed by atoms with van der Waals surface area (Å²) in [5, 5.41) is 7.92. The minimum absolute atomic E-state index is 0.142. The summed E-state index contributed by atoms with van der Waals surface area (Å²) >= 11 is 0. The van der Waals surface area contributed by atoms with E-state index >= 15 is 0 Å². The van der Waals surface area contributed by atoms with Gasteiger partial charge >= 0.3 is 0 Å². The zero-order valence-electron chi connectivity index (χ0n) is 14.4. The van der Waals surface area contributed by atoms with Crippen molar-refractivity contribution in [1.29, 1.82) is 0 Å². The summed E-state index contributed by atoms with van der Waals surface area (Å²) in [6, 6.07) is 4.65. The van der Waals surface area contributed by atoms with E-state index in [4.69, 9.17) is 4.74 Å². The van der Waals surface area contributed by atoms with Gasteiger partial charge in [-0.1, -0.05) is 12.2 Å². The van der Waals surface area contributed by atoms with Gasteiger partial charge in [0.25, 0.3) is 0 Å². The highest BCUT2D eigenvalue weighted by Crippen LogP contribution is 2.24. The van der Waals surface area contributed by atoms with Crippen LogP contribution in [-0.4, -0.2) is 37.4 Å². The number of rotatable bonds is 1. The fourth-order valence-corrected chi connectivity index (χ4v) is 2.37. The maximum atomic E-state index is 12.3. The van der Waals surface area contributed by atoms with Gasteiger partial charge < -0.3 is 20.7 Å². The molecule has 7 nitrogen and oxygen atoms in total. The number of hydrogen-bond donors (Lipinski definition) is 3. The first-order chi connectivity index (χ1) is 12.0. The molecule has 1 aliphatic rings. The maximum absolute atomic E-state index is 12.3. The van der Waals surface area contributed by atoms with E-state index < -0.39 is 11.9 Å². The number of anilines is 1. The summed E-state index contributed by atoms with van der Waals surface area (Å²) in [4.78, 5) is 35.8. The standard InChI is InChI=1S/C18H23N3O4/c1-12-18(24)21-15-10-14(25-2)9-8-13(15)6-4-3-5-7-16(22)19-11-17(23)20-12/h4,6,8-10,12H,3,5,7,11H2,1-2H3,(H,19,22)(H,20,23)(H,21,24)/b6-4-/t12-/m1/s1. The third kappa shape index (κ3) is 5.63. The van der Waals surface area contributed by atoms with Crippen LogP contribution in [0.3, 0.4) is 0 Å². The highest BCUT2D eigenvalue weighted by Gasteiger charge is 2.17. The normalized spacial score (nSPS) is 20.9. The highest BCUT2D eigenvalue weighted by atomic mass is 16.5. The molecule has 3 amide bonds. The zero-order valence-corrected chi connectivity index (χ0v) is 14.4. The van der Waals surface area contributed by atoms with Gasteiger partial charge in [0, 0.05) is 12.5 Å². The van der Waals surface area contributed by atoms with Crippen molar-refractivity contribution in [3.8, 4) is 5.75 Å². The van der Waals surface area contributed by atoms with Crippen LogP contribution >= 0.6 is 0 Å². The van der Waals surface area contributed by atoms with Gasteiger partial charge in [0.05, 0.1) is 19.3 Å². The topological polar surface area (TPSA) is 96.5 Å². The molecule has 0 saturated heterocycles. The van der Waals surface area contributed by atoms with E-state index in [2.05, 4.69) is 16.0 Å². The first-order valence-corrected chi connectivity index (χ1v) is 8.21. The summed E-state index contributed by atoms with van der Waals surface area (Å²) in [7, 11) is 1.55. The number of amides is 3. The quantitative estimate of drug-likeness (QED) is 0.718. The molecule has 0 radical (unpaired) electrons. The van der Waals surface area contributed by atoms with Crippen LogP contribution in [0.4, 0.5) is 5.69 Å². The van der Waals surface area contributed by atoms with Crippen molar-refractivity contribution < 1.29 is 19.1 Å². The molecule has 1 heterocycles. The number of allylic oxidation sites excluding steroid dienone is 1. The first-order valence-electron chi connectivity index (χ1n) is 8.21. The van der Waals surface area contributed by atoms with Gasteiger partial charge in [-0.3, -0.25) is 14.4 Å². The molecule has 25 heavy (non-hydrogen) atoms. The fraction of sp³-hybridized carbons (Fsp3) is 0.389. The summed E-state index contributed by atoms with van der Waals surface area (Å²) in [6.07, 6.45) is 5.60. The molecule has 0 unspecified atom stereocenters. The van der Waals surface area contributed by atoms with Crippen LogP contribution in [0.5, 0.6) is 5.75 Å². The molecule has 1 atom stereocenters. The molecule has 1 aliphatic heterocycles. The SMILES string of the molecule is COc1ccc2c(c1)NC(=O)[C@@H](C)NC(=O)CNC(=O)CCC/C=C\2. The third-order valence-electron chi connectivity index (χ3n) is 3.81. The van der Waals surface area contributed by atoms with Gasteiger partial charge in [-0.25, -0.2) is 0 Å². The molecule has 1 aromatic carbocycles. The Morgan fingerprint density at radius 3 is 2.72 bits per heavy atom. The minimum atomic E-state index is -0.738. The van der Waals surface area contributed by atoms with Crippen molar-refractivity contribution in [2.24, 2.45) is 0 Å². The minimum Gasteiger partial charge on any atom is -0.497 e. The molecule has 0 fully saturated rings. The van der Waals surface area contributed by atoms with Gasteiger partial charge in [0.2, 0.25) is 17.7 Å². The van der Waals surface area contributed by atoms with Gasteiger partial charge in [-0.2, -0.15) is 0 Å². The Morgan fingerprint density at radius 2 is 1.96 bits per heavy atom. The largest absolute Gasteiger partial charge is 0.497 e. The van der Waals surface area contributed by atoms with Crippen LogP contribution in [-0.2, 0) is 14.4 Å². The molecular formula is C18H23N3O4. The van der Waals surface area contributed by atoms with E-state index in [1.54, 1.807) is 20.1 Å². The lowest BCUT2D eigenvalue weighted by Crippen LogP contribution is -2.45. The van der Waals surface area contributed by atoms with E-state index in [1.807, 2.05) is 24.3 Å². The molecule has 0 aliphatic carbocycles. The number of fused-ring (bicyclic) bond motifs is 1. The van der Waals surface area contributed by atoms with Crippen LogP contribution in [0.15, 0.2) is 24.3 Å². The number of hydrogen-bond acceptors (Lipinski definition) is 4. The number of benzene rings is 1. The second-order valence-electron chi connectivity index (χ2n) is 5.80. The second-order valence-corrected chi connectivity index (χ2v) is 5.80. The lowest BCUT2D eigenvalue weighted by molar-refractivity contribution is -0.128. The van der Waals surface area contributed by atoms with Gasteiger partial charge in [0.15, 0.2) is 0 Å². The lowest BCUT2D eigenvalue weighted by Gasteiger charge is -2.16. The number of methoxy groups -OCH3 is 1. The van der Waals surface area contributed by atoms with Crippen LogP contribution in [0.1, 0.15) is 31.7 Å². The number of nitrogens with one attached hydrogen (secondary N) is 3. The predicted octanol–water partition coefficient (Wildman–Crippen LogP) is 1.45. The number of carbonyl (C=O) groups is 3. The summed E-state index contributed by atoms with van der Waals surface area (Å²) < 4.78 is 5.21.